The van der Waals surface area contributed by atoms with Crippen LogP contribution in [-0.2, 0) is 6.54 Å². The van der Waals surface area contributed by atoms with Gasteiger partial charge < -0.3 is 10.3 Å². The molecule has 2 N–H and O–H groups in total. The van der Waals surface area contributed by atoms with Crippen LogP contribution < -0.4 is 5.32 Å². The highest BCUT2D eigenvalue weighted by atomic mass is 32.1. The maximum absolute atomic E-state index is 4.30. The quantitative estimate of drug-likeness (QED) is 0.766. The summed E-state index contributed by atoms with van der Waals surface area (Å²) in [6.07, 6.45) is 3.59. The van der Waals surface area contributed by atoms with Gasteiger partial charge in [0.1, 0.15) is 0 Å². The molecule has 0 fully saturated rings. The molecule has 0 bridgehead atoms. The lowest BCUT2D eigenvalue weighted by atomic mass is 10.2. The van der Waals surface area contributed by atoms with E-state index in [0.29, 0.717) is 0 Å². The molecular formula is C12H12N4S2. The number of hydrogen-bond donors (Lipinski definition) is 2. The second-order valence-corrected chi connectivity index (χ2v) is 5.48. The predicted octanol–water partition coefficient (Wildman–Crippen LogP) is 3.52. The maximum atomic E-state index is 4.30. The topological polar surface area (TPSA) is 53.6 Å². The lowest BCUT2D eigenvalue weighted by Gasteiger charge is -2.05. The third kappa shape index (κ3) is 2.16. The number of aryl methyl sites for hydroxylation is 1. The Bertz CT molecular complexity index is 624. The minimum atomic E-state index is 0.727. The minimum absolute atomic E-state index is 0.727. The first-order valence-electron chi connectivity index (χ1n) is 5.53. The van der Waals surface area contributed by atoms with E-state index in [0.717, 1.165) is 23.6 Å². The smallest absolute Gasteiger partial charge is 0.0923 e. The summed E-state index contributed by atoms with van der Waals surface area (Å²) in [5.74, 6) is 0. The highest BCUT2D eigenvalue weighted by Gasteiger charge is 2.11. The standard InChI is InChI=1S/C12H12N4S2/c1-8-12(18-7-16-8)10-4-17-5-11(10)14-3-9-2-13-6-15-9/h2,4-7,14H,3H2,1H3,(H,13,15). The van der Waals surface area contributed by atoms with Gasteiger partial charge in [-0.1, -0.05) is 0 Å². The molecule has 0 amide bonds. The van der Waals surface area contributed by atoms with Crippen molar-refractivity contribution < 1.29 is 0 Å². The van der Waals surface area contributed by atoms with Gasteiger partial charge in [0.05, 0.1) is 40.3 Å². The van der Waals surface area contributed by atoms with Gasteiger partial charge in [0.25, 0.3) is 0 Å². The van der Waals surface area contributed by atoms with Crippen LogP contribution in [0.2, 0.25) is 0 Å². The lowest BCUT2D eigenvalue weighted by molar-refractivity contribution is 1.08. The Hall–Kier alpha value is -1.66. The van der Waals surface area contributed by atoms with Crippen LogP contribution in [0.5, 0.6) is 0 Å². The highest BCUT2D eigenvalue weighted by molar-refractivity contribution is 7.14. The number of imidazole rings is 1. The van der Waals surface area contributed by atoms with E-state index in [1.165, 1.54) is 10.4 Å². The zero-order valence-corrected chi connectivity index (χ0v) is 11.4. The third-order valence-corrected chi connectivity index (χ3v) is 4.37. The Morgan fingerprint density at radius 1 is 1.33 bits per heavy atom. The Labute approximate surface area is 113 Å². The van der Waals surface area contributed by atoms with Gasteiger partial charge in [0, 0.05) is 22.5 Å². The first-order chi connectivity index (χ1) is 8.84. The van der Waals surface area contributed by atoms with Crippen molar-refractivity contribution in [1.82, 2.24) is 15.0 Å². The molecule has 92 valence electrons. The fourth-order valence-corrected chi connectivity index (χ4v) is 3.45. The van der Waals surface area contributed by atoms with Crippen molar-refractivity contribution in [3.63, 3.8) is 0 Å². The van der Waals surface area contributed by atoms with Gasteiger partial charge in [0.2, 0.25) is 0 Å². The summed E-state index contributed by atoms with van der Waals surface area (Å²) >= 11 is 3.38. The van der Waals surface area contributed by atoms with E-state index in [9.17, 15) is 0 Å². The van der Waals surface area contributed by atoms with Crippen molar-refractivity contribution in [2.24, 2.45) is 0 Å². The second-order valence-electron chi connectivity index (χ2n) is 3.88. The zero-order chi connectivity index (χ0) is 12.4. The van der Waals surface area contributed by atoms with Crippen molar-refractivity contribution >= 4 is 28.4 Å². The van der Waals surface area contributed by atoms with E-state index in [-0.39, 0.29) is 0 Å². The fraction of sp³-hybridized carbons (Fsp3) is 0.167. The second kappa shape index (κ2) is 4.91. The van der Waals surface area contributed by atoms with Gasteiger partial charge in [-0.25, -0.2) is 9.97 Å². The normalized spacial score (nSPS) is 10.7. The molecule has 0 atom stereocenters. The number of aromatic amines is 1. The molecule has 0 aliphatic carbocycles. The molecule has 0 saturated carbocycles. The molecule has 0 unspecified atom stereocenters. The molecule has 0 radical (unpaired) electrons. The fourth-order valence-electron chi connectivity index (χ4n) is 1.74. The number of thiazole rings is 1. The summed E-state index contributed by atoms with van der Waals surface area (Å²) in [4.78, 5) is 12.7. The van der Waals surface area contributed by atoms with Gasteiger partial charge in [0.15, 0.2) is 0 Å². The molecule has 3 aromatic rings. The number of thiophene rings is 1. The Balaban J connectivity index is 1.82. The lowest BCUT2D eigenvalue weighted by Crippen LogP contribution is -1.99. The van der Waals surface area contributed by atoms with E-state index < -0.39 is 0 Å². The largest absolute Gasteiger partial charge is 0.378 e. The number of nitrogens with one attached hydrogen (secondary N) is 2. The summed E-state index contributed by atoms with van der Waals surface area (Å²) in [7, 11) is 0. The van der Waals surface area contributed by atoms with Gasteiger partial charge in [-0.3, -0.25) is 0 Å². The van der Waals surface area contributed by atoms with Crippen LogP contribution in [0.4, 0.5) is 5.69 Å². The van der Waals surface area contributed by atoms with Gasteiger partial charge >= 0.3 is 0 Å². The Morgan fingerprint density at radius 3 is 3.00 bits per heavy atom. The molecule has 0 aliphatic heterocycles. The molecule has 0 saturated heterocycles. The van der Waals surface area contributed by atoms with Gasteiger partial charge in [-0.2, -0.15) is 0 Å². The van der Waals surface area contributed by atoms with Crippen molar-refractivity contribution in [2.45, 2.75) is 13.5 Å². The SMILES string of the molecule is Cc1ncsc1-c1cscc1NCc1c[nH]cn1. The molecular weight excluding hydrogens is 264 g/mol. The van der Waals surface area contributed by atoms with Crippen LogP contribution in [0.15, 0.2) is 28.8 Å². The first-order valence-corrected chi connectivity index (χ1v) is 7.35. The van der Waals surface area contributed by atoms with Crippen molar-refractivity contribution in [2.75, 3.05) is 5.32 Å². The zero-order valence-electron chi connectivity index (χ0n) is 9.80. The number of rotatable bonds is 4. The van der Waals surface area contributed by atoms with E-state index in [1.807, 2.05) is 18.6 Å². The molecule has 6 heteroatoms. The molecule has 3 rings (SSSR count). The predicted molar refractivity (Wildman–Crippen MR) is 76.1 cm³/mol. The minimum Gasteiger partial charge on any atom is -0.378 e. The number of aromatic nitrogens is 3. The maximum Gasteiger partial charge on any atom is 0.0923 e. The van der Waals surface area contributed by atoms with E-state index in [4.69, 9.17) is 0 Å². The summed E-state index contributed by atoms with van der Waals surface area (Å²) < 4.78 is 0. The van der Waals surface area contributed by atoms with Gasteiger partial charge in [-0.05, 0) is 6.92 Å². The molecule has 18 heavy (non-hydrogen) atoms. The highest BCUT2D eigenvalue weighted by Crippen LogP contribution is 2.36. The van der Waals surface area contributed by atoms with E-state index in [2.05, 4.69) is 31.0 Å². The Morgan fingerprint density at radius 2 is 2.28 bits per heavy atom. The van der Waals surface area contributed by atoms with Crippen LogP contribution in [-0.4, -0.2) is 15.0 Å². The molecule has 0 aromatic carbocycles. The van der Waals surface area contributed by atoms with Crippen LogP contribution in [0, 0.1) is 6.92 Å². The summed E-state index contributed by atoms with van der Waals surface area (Å²) in [6, 6.07) is 0. The van der Waals surface area contributed by atoms with Crippen LogP contribution >= 0.6 is 22.7 Å². The van der Waals surface area contributed by atoms with E-state index >= 15 is 0 Å². The first kappa shape index (κ1) is 11.4. The Kier molecular flexibility index (Phi) is 3.12. The molecule has 0 spiro atoms. The molecule has 0 aliphatic rings. The van der Waals surface area contributed by atoms with Crippen molar-refractivity contribution in [3.8, 4) is 10.4 Å². The third-order valence-electron chi connectivity index (χ3n) is 2.67. The van der Waals surface area contributed by atoms with Crippen molar-refractivity contribution in [3.05, 3.63) is 40.2 Å². The number of H-pyrrole nitrogens is 1. The average Bonchev–Trinajstić information content (AvgIpc) is 3.06. The van der Waals surface area contributed by atoms with Crippen LogP contribution in [0.1, 0.15) is 11.4 Å². The number of anilines is 1. The van der Waals surface area contributed by atoms with E-state index in [1.54, 1.807) is 29.0 Å². The average molecular weight is 276 g/mol. The summed E-state index contributed by atoms with van der Waals surface area (Å²) in [5.41, 5.74) is 6.36. The van der Waals surface area contributed by atoms with Crippen LogP contribution in [0.25, 0.3) is 10.4 Å². The number of hydrogen-bond acceptors (Lipinski definition) is 5. The van der Waals surface area contributed by atoms with Crippen LogP contribution in [0.3, 0.4) is 0 Å². The molecule has 4 nitrogen and oxygen atoms in total. The summed E-state index contributed by atoms with van der Waals surface area (Å²) in [6.45, 7) is 2.77. The van der Waals surface area contributed by atoms with Crippen molar-refractivity contribution in [1.29, 1.82) is 0 Å². The molecule has 3 heterocycles. The number of nitrogens with zero attached hydrogens (tertiary/aromatic N) is 2. The summed E-state index contributed by atoms with van der Waals surface area (Å²) in [5, 5.41) is 7.70. The van der Waals surface area contributed by atoms with Gasteiger partial charge in [-0.15, -0.1) is 22.7 Å². The monoisotopic (exact) mass is 276 g/mol. The molecule has 3 aromatic heterocycles.